The van der Waals surface area contributed by atoms with Crippen molar-refractivity contribution < 1.29 is 0 Å². The third-order valence-corrected chi connectivity index (χ3v) is 3.09. The highest BCUT2D eigenvalue weighted by Crippen LogP contribution is 2.05. The average Bonchev–Trinajstić information content (AvgIpc) is 2.76. The van der Waals surface area contributed by atoms with Crippen LogP contribution in [0.4, 0.5) is 0 Å². The molecule has 0 saturated heterocycles. The number of hydrogen-bond donors (Lipinski definition) is 3. The summed E-state index contributed by atoms with van der Waals surface area (Å²) in [6.07, 6.45) is 1.76. The molecular formula is C15H18N4S. The van der Waals surface area contributed by atoms with Crippen molar-refractivity contribution in [2.24, 2.45) is 5.10 Å². The predicted molar refractivity (Wildman–Crippen MR) is 86.9 cm³/mol. The number of H-pyrrole nitrogens is 1. The lowest BCUT2D eigenvalue weighted by atomic mass is 10.2. The summed E-state index contributed by atoms with van der Waals surface area (Å²) in [6, 6.07) is 12.1. The third-order valence-electron chi connectivity index (χ3n) is 2.86. The molecule has 1 aromatic heterocycles. The van der Waals surface area contributed by atoms with Crippen molar-refractivity contribution in [3.05, 3.63) is 58.9 Å². The maximum Gasteiger partial charge on any atom is 0.187 e. The minimum Gasteiger partial charge on any atom is -0.362 e. The summed E-state index contributed by atoms with van der Waals surface area (Å²) < 4.78 is 0. The Morgan fingerprint density at radius 3 is 2.70 bits per heavy atom. The second-order valence-electron chi connectivity index (χ2n) is 4.57. The number of nitrogens with one attached hydrogen (secondary N) is 3. The zero-order valence-corrected chi connectivity index (χ0v) is 12.4. The number of hydrogen-bond acceptors (Lipinski definition) is 2. The van der Waals surface area contributed by atoms with Crippen LogP contribution >= 0.6 is 12.2 Å². The van der Waals surface area contributed by atoms with Gasteiger partial charge in [0.1, 0.15) is 0 Å². The second kappa shape index (κ2) is 6.86. The van der Waals surface area contributed by atoms with E-state index in [-0.39, 0.29) is 0 Å². The van der Waals surface area contributed by atoms with Crippen LogP contribution < -0.4 is 10.7 Å². The molecule has 0 saturated carbocycles. The molecule has 20 heavy (non-hydrogen) atoms. The zero-order chi connectivity index (χ0) is 14.4. The molecule has 3 N–H and O–H groups in total. The Hall–Kier alpha value is -2.14. The van der Waals surface area contributed by atoms with Crippen LogP contribution in [0, 0.1) is 13.8 Å². The standard InChI is InChI=1S/C15H18N4S/c1-11-8-14(12(2)18-11)10-17-19-15(20)16-9-13-6-4-3-5-7-13/h3-8,10,18H,9H2,1-2H3,(H2,16,19,20)/b17-10+. The fraction of sp³-hybridized carbons (Fsp3) is 0.200. The summed E-state index contributed by atoms with van der Waals surface area (Å²) in [4.78, 5) is 3.22. The average molecular weight is 286 g/mol. The normalized spacial score (nSPS) is 10.7. The molecule has 0 aliphatic rings. The summed E-state index contributed by atoms with van der Waals surface area (Å²) in [6.45, 7) is 4.72. The Kier molecular flexibility index (Phi) is 4.90. The van der Waals surface area contributed by atoms with Gasteiger partial charge in [0, 0.05) is 23.5 Å². The number of aryl methyl sites for hydroxylation is 2. The summed E-state index contributed by atoms with van der Waals surface area (Å²) >= 11 is 5.16. The molecule has 2 rings (SSSR count). The van der Waals surface area contributed by atoms with Gasteiger partial charge >= 0.3 is 0 Å². The Bertz CT molecular complexity index is 602. The van der Waals surface area contributed by atoms with Crippen LogP contribution in [-0.2, 0) is 6.54 Å². The molecule has 5 heteroatoms. The molecule has 0 bridgehead atoms. The van der Waals surface area contributed by atoms with Crippen molar-refractivity contribution in [1.29, 1.82) is 0 Å². The fourth-order valence-electron chi connectivity index (χ4n) is 1.86. The van der Waals surface area contributed by atoms with Crippen LogP contribution in [0.5, 0.6) is 0 Å². The molecule has 0 aliphatic heterocycles. The van der Waals surface area contributed by atoms with Gasteiger partial charge in [-0.15, -0.1) is 0 Å². The Labute approximate surface area is 124 Å². The molecule has 4 nitrogen and oxygen atoms in total. The maximum absolute atomic E-state index is 5.16. The largest absolute Gasteiger partial charge is 0.362 e. The number of benzene rings is 1. The van der Waals surface area contributed by atoms with Crippen molar-refractivity contribution in [2.45, 2.75) is 20.4 Å². The monoisotopic (exact) mass is 286 g/mol. The van der Waals surface area contributed by atoms with Gasteiger partial charge in [-0.25, -0.2) is 0 Å². The number of nitrogens with zero attached hydrogens (tertiary/aromatic N) is 1. The summed E-state index contributed by atoms with van der Waals surface area (Å²) in [7, 11) is 0. The van der Waals surface area contributed by atoms with E-state index in [2.05, 4.69) is 20.8 Å². The molecule has 0 fully saturated rings. The molecule has 0 aliphatic carbocycles. The molecule has 0 amide bonds. The zero-order valence-electron chi connectivity index (χ0n) is 11.6. The summed E-state index contributed by atoms with van der Waals surface area (Å²) in [5.41, 5.74) is 7.26. The quantitative estimate of drug-likeness (QED) is 0.460. The highest BCUT2D eigenvalue weighted by Gasteiger charge is 1.98. The van der Waals surface area contributed by atoms with E-state index in [9.17, 15) is 0 Å². The SMILES string of the molecule is Cc1cc(/C=N/NC(=S)NCc2ccccc2)c(C)[nH]1. The van der Waals surface area contributed by atoms with E-state index in [4.69, 9.17) is 12.2 Å². The first-order chi connectivity index (χ1) is 9.65. The minimum absolute atomic E-state index is 0.509. The van der Waals surface area contributed by atoms with Crippen LogP contribution in [0.15, 0.2) is 41.5 Å². The lowest BCUT2D eigenvalue weighted by molar-refractivity contribution is 0.869. The number of thiocarbonyl (C=S) groups is 1. The van der Waals surface area contributed by atoms with E-state index < -0.39 is 0 Å². The van der Waals surface area contributed by atoms with E-state index in [0.29, 0.717) is 11.7 Å². The molecule has 1 aromatic carbocycles. The van der Waals surface area contributed by atoms with Gasteiger partial charge in [-0.2, -0.15) is 5.10 Å². The van der Waals surface area contributed by atoms with E-state index in [0.717, 1.165) is 17.0 Å². The Morgan fingerprint density at radius 2 is 2.05 bits per heavy atom. The molecule has 2 aromatic rings. The lowest BCUT2D eigenvalue weighted by Crippen LogP contribution is -2.31. The topological polar surface area (TPSA) is 52.2 Å². The van der Waals surface area contributed by atoms with E-state index in [1.165, 1.54) is 5.56 Å². The molecule has 104 valence electrons. The number of hydrazone groups is 1. The molecule has 0 spiro atoms. The summed E-state index contributed by atoms with van der Waals surface area (Å²) in [5, 5.41) is 7.74. The summed E-state index contributed by atoms with van der Waals surface area (Å²) in [5.74, 6) is 0. The molecular weight excluding hydrogens is 268 g/mol. The first-order valence-electron chi connectivity index (χ1n) is 6.42. The fourth-order valence-corrected chi connectivity index (χ4v) is 1.98. The second-order valence-corrected chi connectivity index (χ2v) is 4.98. The van der Waals surface area contributed by atoms with Crippen molar-refractivity contribution >= 4 is 23.5 Å². The van der Waals surface area contributed by atoms with Crippen LogP contribution in [0.1, 0.15) is 22.5 Å². The van der Waals surface area contributed by atoms with Crippen molar-refractivity contribution in [3.8, 4) is 0 Å². The van der Waals surface area contributed by atoms with Crippen LogP contribution in [0.3, 0.4) is 0 Å². The van der Waals surface area contributed by atoms with Gasteiger partial charge in [0.25, 0.3) is 0 Å². The number of aromatic amines is 1. The van der Waals surface area contributed by atoms with Crippen LogP contribution in [0.2, 0.25) is 0 Å². The highest BCUT2D eigenvalue weighted by molar-refractivity contribution is 7.80. The smallest absolute Gasteiger partial charge is 0.187 e. The van der Waals surface area contributed by atoms with Gasteiger partial charge in [0.15, 0.2) is 5.11 Å². The van der Waals surface area contributed by atoms with Gasteiger partial charge in [-0.1, -0.05) is 30.3 Å². The molecule has 0 radical (unpaired) electrons. The molecule has 0 atom stereocenters. The van der Waals surface area contributed by atoms with Gasteiger partial charge in [0.2, 0.25) is 0 Å². The Morgan fingerprint density at radius 1 is 1.30 bits per heavy atom. The van der Waals surface area contributed by atoms with Crippen LogP contribution in [0.25, 0.3) is 0 Å². The van der Waals surface area contributed by atoms with E-state index >= 15 is 0 Å². The minimum atomic E-state index is 0.509. The van der Waals surface area contributed by atoms with Crippen molar-refractivity contribution in [2.75, 3.05) is 0 Å². The van der Waals surface area contributed by atoms with Crippen molar-refractivity contribution in [3.63, 3.8) is 0 Å². The van der Waals surface area contributed by atoms with E-state index in [1.54, 1.807) is 6.21 Å². The maximum atomic E-state index is 5.16. The van der Waals surface area contributed by atoms with E-state index in [1.807, 2.05) is 50.2 Å². The molecule has 0 unspecified atom stereocenters. The highest BCUT2D eigenvalue weighted by atomic mass is 32.1. The number of aromatic nitrogens is 1. The molecule has 1 heterocycles. The lowest BCUT2D eigenvalue weighted by Gasteiger charge is -2.06. The van der Waals surface area contributed by atoms with Crippen LogP contribution in [-0.4, -0.2) is 16.3 Å². The van der Waals surface area contributed by atoms with Crippen molar-refractivity contribution in [1.82, 2.24) is 15.7 Å². The first kappa shape index (κ1) is 14.3. The predicted octanol–water partition coefficient (Wildman–Crippen LogP) is 2.63. The van der Waals surface area contributed by atoms with Gasteiger partial charge in [-0.05, 0) is 37.7 Å². The number of rotatable bonds is 4. The Balaban J connectivity index is 1.79. The third kappa shape index (κ3) is 4.20. The van der Waals surface area contributed by atoms with Gasteiger partial charge < -0.3 is 10.3 Å². The van der Waals surface area contributed by atoms with Gasteiger partial charge in [-0.3, -0.25) is 5.43 Å². The first-order valence-corrected chi connectivity index (χ1v) is 6.83. The van der Waals surface area contributed by atoms with Gasteiger partial charge in [0.05, 0.1) is 6.21 Å².